The van der Waals surface area contributed by atoms with Crippen molar-refractivity contribution < 1.29 is 0 Å². The fourth-order valence-electron chi connectivity index (χ4n) is 1.55. The Kier molecular flexibility index (Phi) is 4.54. The van der Waals surface area contributed by atoms with Gasteiger partial charge in [-0.1, -0.05) is 39.8 Å². The monoisotopic (exact) mass is 169 g/mol. The molecule has 0 fully saturated rings. The molecule has 0 heterocycles. The van der Waals surface area contributed by atoms with Crippen LogP contribution in [-0.2, 0) is 0 Å². The molecule has 1 unspecified atom stereocenters. The number of nitrogens with one attached hydrogen (secondary N) is 1. The molecule has 1 atom stereocenters. The highest BCUT2D eigenvalue weighted by atomic mass is 14.8. The average Bonchev–Trinajstić information content (AvgIpc) is 2.03. The van der Waals surface area contributed by atoms with Gasteiger partial charge in [0.25, 0.3) is 0 Å². The van der Waals surface area contributed by atoms with Gasteiger partial charge in [0.2, 0.25) is 0 Å². The summed E-state index contributed by atoms with van der Waals surface area (Å²) in [6.45, 7) is 14.1. The van der Waals surface area contributed by atoms with Gasteiger partial charge in [0.1, 0.15) is 0 Å². The zero-order valence-electron chi connectivity index (χ0n) is 9.20. The van der Waals surface area contributed by atoms with Gasteiger partial charge in [-0.3, -0.25) is 0 Å². The minimum atomic E-state index is 0.267. The van der Waals surface area contributed by atoms with Gasteiger partial charge in [-0.25, -0.2) is 0 Å². The van der Waals surface area contributed by atoms with Crippen LogP contribution in [0.5, 0.6) is 0 Å². The van der Waals surface area contributed by atoms with Crippen LogP contribution in [0.25, 0.3) is 0 Å². The molecule has 12 heavy (non-hydrogen) atoms. The fraction of sp³-hybridized carbons (Fsp3) is 0.818. The van der Waals surface area contributed by atoms with Crippen LogP contribution in [0.4, 0.5) is 0 Å². The van der Waals surface area contributed by atoms with E-state index in [0.717, 1.165) is 13.0 Å². The van der Waals surface area contributed by atoms with E-state index >= 15 is 0 Å². The van der Waals surface area contributed by atoms with Crippen LogP contribution in [0.3, 0.4) is 0 Å². The molecule has 1 heteroatoms. The second-order valence-electron chi connectivity index (χ2n) is 4.12. The molecule has 0 aliphatic carbocycles. The van der Waals surface area contributed by atoms with Gasteiger partial charge < -0.3 is 5.32 Å². The van der Waals surface area contributed by atoms with Crippen LogP contribution in [0.15, 0.2) is 12.2 Å². The molecule has 0 saturated carbocycles. The molecule has 0 aromatic rings. The van der Waals surface area contributed by atoms with E-state index in [2.05, 4.69) is 39.6 Å². The summed E-state index contributed by atoms with van der Waals surface area (Å²) in [7, 11) is 2.00. The summed E-state index contributed by atoms with van der Waals surface area (Å²) in [5.41, 5.74) is 1.63. The molecular formula is C11H23N. The summed E-state index contributed by atoms with van der Waals surface area (Å²) in [6, 6.07) is 0. The van der Waals surface area contributed by atoms with E-state index in [4.69, 9.17) is 0 Å². The Labute approximate surface area is 77.2 Å². The number of hydrogen-bond donors (Lipinski definition) is 1. The van der Waals surface area contributed by atoms with E-state index in [1.807, 2.05) is 7.05 Å². The predicted molar refractivity (Wildman–Crippen MR) is 56.3 cm³/mol. The summed E-state index contributed by atoms with van der Waals surface area (Å²) in [5, 5.41) is 3.23. The smallest absolute Gasteiger partial charge is 0.00394 e. The van der Waals surface area contributed by atoms with Crippen molar-refractivity contribution in [1.82, 2.24) is 5.32 Å². The molecule has 1 N–H and O–H groups in total. The van der Waals surface area contributed by atoms with Crippen LogP contribution in [0.2, 0.25) is 0 Å². The lowest BCUT2D eigenvalue weighted by Crippen LogP contribution is -2.32. The molecule has 0 aliphatic rings. The number of hydrogen-bond acceptors (Lipinski definition) is 1. The van der Waals surface area contributed by atoms with Crippen molar-refractivity contribution in [3.05, 3.63) is 12.2 Å². The third-order valence-corrected chi connectivity index (χ3v) is 2.82. The summed E-state index contributed by atoms with van der Waals surface area (Å²) < 4.78 is 0. The minimum Gasteiger partial charge on any atom is -0.319 e. The highest BCUT2D eigenvalue weighted by Gasteiger charge is 2.26. The highest BCUT2D eigenvalue weighted by Crippen LogP contribution is 2.33. The quantitative estimate of drug-likeness (QED) is 0.624. The van der Waals surface area contributed by atoms with E-state index in [-0.39, 0.29) is 5.41 Å². The Hall–Kier alpha value is -0.300. The third kappa shape index (κ3) is 2.63. The normalized spacial score (nSPS) is 16.2. The summed E-state index contributed by atoms with van der Waals surface area (Å²) in [6.07, 6.45) is 1.16. The Morgan fingerprint density at radius 2 is 2.00 bits per heavy atom. The fourth-order valence-corrected chi connectivity index (χ4v) is 1.55. The Bertz CT molecular complexity index is 149. The minimum absolute atomic E-state index is 0.267. The summed E-state index contributed by atoms with van der Waals surface area (Å²) in [5.74, 6) is 0.586. The maximum Gasteiger partial charge on any atom is 0.00394 e. The zero-order valence-corrected chi connectivity index (χ0v) is 9.20. The lowest BCUT2D eigenvalue weighted by atomic mass is 9.75. The van der Waals surface area contributed by atoms with Crippen molar-refractivity contribution >= 4 is 0 Å². The van der Waals surface area contributed by atoms with Gasteiger partial charge in [0, 0.05) is 12.0 Å². The second kappa shape index (κ2) is 4.66. The lowest BCUT2D eigenvalue weighted by Gasteiger charge is -2.32. The molecule has 0 aromatic heterocycles. The van der Waals surface area contributed by atoms with Crippen LogP contribution < -0.4 is 5.32 Å². The van der Waals surface area contributed by atoms with Crippen molar-refractivity contribution in [1.29, 1.82) is 0 Å². The maximum absolute atomic E-state index is 4.18. The van der Waals surface area contributed by atoms with E-state index in [1.54, 1.807) is 0 Å². The van der Waals surface area contributed by atoms with Crippen LogP contribution >= 0.6 is 0 Å². The van der Waals surface area contributed by atoms with Crippen LogP contribution in [0, 0.1) is 11.3 Å². The van der Waals surface area contributed by atoms with E-state index < -0.39 is 0 Å². The standard InChI is InChI=1S/C11H23N/c1-7-11(5,8-12-6)10(4)9(2)3/h9,12H,4,7-8H2,1-3,5-6H3. The molecule has 1 nitrogen and oxygen atoms in total. The second-order valence-corrected chi connectivity index (χ2v) is 4.12. The van der Waals surface area contributed by atoms with Crippen molar-refractivity contribution in [2.24, 2.45) is 11.3 Å². The summed E-state index contributed by atoms with van der Waals surface area (Å²) >= 11 is 0. The number of rotatable bonds is 5. The molecule has 0 amide bonds. The van der Waals surface area contributed by atoms with Crippen LogP contribution in [-0.4, -0.2) is 13.6 Å². The topological polar surface area (TPSA) is 12.0 Å². The van der Waals surface area contributed by atoms with Gasteiger partial charge in [-0.2, -0.15) is 0 Å². The molecule has 0 saturated heterocycles. The molecule has 0 rings (SSSR count). The first-order valence-electron chi connectivity index (χ1n) is 4.81. The molecule has 72 valence electrons. The summed E-state index contributed by atoms with van der Waals surface area (Å²) in [4.78, 5) is 0. The first-order chi connectivity index (χ1) is 5.48. The maximum atomic E-state index is 4.18. The lowest BCUT2D eigenvalue weighted by molar-refractivity contribution is 0.339. The highest BCUT2D eigenvalue weighted by molar-refractivity contribution is 5.11. The average molecular weight is 169 g/mol. The first-order valence-corrected chi connectivity index (χ1v) is 4.81. The molecule has 0 radical (unpaired) electrons. The van der Waals surface area contributed by atoms with Gasteiger partial charge in [0.05, 0.1) is 0 Å². The van der Waals surface area contributed by atoms with E-state index in [0.29, 0.717) is 5.92 Å². The zero-order chi connectivity index (χ0) is 9.78. The van der Waals surface area contributed by atoms with Crippen molar-refractivity contribution in [2.75, 3.05) is 13.6 Å². The SMILES string of the molecule is C=C(C(C)C)C(C)(CC)CNC. The molecule has 0 bridgehead atoms. The predicted octanol–water partition coefficient (Wildman–Crippen LogP) is 2.83. The van der Waals surface area contributed by atoms with E-state index in [9.17, 15) is 0 Å². The Morgan fingerprint density at radius 1 is 1.50 bits per heavy atom. The third-order valence-electron chi connectivity index (χ3n) is 2.82. The Morgan fingerprint density at radius 3 is 2.25 bits per heavy atom. The molecule has 0 spiro atoms. The van der Waals surface area contributed by atoms with Gasteiger partial charge in [0.15, 0.2) is 0 Å². The molecule has 0 aliphatic heterocycles. The van der Waals surface area contributed by atoms with Crippen molar-refractivity contribution in [2.45, 2.75) is 34.1 Å². The first kappa shape index (κ1) is 11.7. The molecular weight excluding hydrogens is 146 g/mol. The Balaban J connectivity index is 4.40. The van der Waals surface area contributed by atoms with Gasteiger partial charge in [-0.15, -0.1) is 0 Å². The van der Waals surface area contributed by atoms with Gasteiger partial charge in [-0.05, 0) is 19.4 Å². The van der Waals surface area contributed by atoms with Crippen LogP contribution in [0.1, 0.15) is 34.1 Å². The van der Waals surface area contributed by atoms with E-state index in [1.165, 1.54) is 5.57 Å². The van der Waals surface area contributed by atoms with Gasteiger partial charge >= 0.3 is 0 Å². The van der Waals surface area contributed by atoms with Crippen molar-refractivity contribution in [3.63, 3.8) is 0 Å². The largest absolute Gasteiger partial charge is 0.319 e. The molecule has 0 aromatic carbocycles. The van der Waals surface area contributed by atoms with Crippen molar-refractivity contribution in [3.8, 4) is 0 Å².